The van der Waals surface area contributed by atoms with Crippen LogP contribution in [-0.2, 0) is 0 Å². The Morgan fingerprint density at radius 1 is 1.32 bits per heavy atom. The number of nitrogens with zero attached hydrogens (tertiary/aromatic N) is 1. The normalized spacial score (nSPS) is 23.3. The highest BCUT2D eigenvalue weighted by molar-refractivity contribution is 6.32. The van der Waals surface area contributed by atoms with Gasteiger partial charge in [-0.2, -0.15) is 0 Å². The van der Waals surface area contributed by atoms with E-state index in [9.17, 15) is 4.79 Å². The zero-order valence-electron chi connectivity index (χ0n) is 11.6. The Balaban J connectivity index is 2.25. The van der Waals surface area contributed by atoms with Crippen molar-refractivity contribution >= 4 is 17.5 Å². The lowest BCUT2D eigenvalue weighted by atomic mass is 9.96. The second kappa shape index (κ2) is 5.83. The molecule has 1 aromatic rings. The quantitative estimate of drug-likeness (QED) is 0.826. The van der Waals surface area contributed by atoms with Gasteiger partial charge in [-0.05, 0) is 51.3 Å². The van der Waals surface area contributed by atoms with E-state index >= 15 is 0 Å². The lowest BCUT2D eigenvalue weighted by molar-refractivity contribution is 0.0511. The molecule has 1 aliphatic heterocycles. The van der Waals surface area contributed by atoms with Gasteiger partial charge in [-0.3, -0.25) is 4.79 Å². The van der Waals surface area contributed by atoms with Gasteiger partial charge in [0.2, 0.25) is 0 Å². The van der Waals surface area contributed by atoms with Crippen LogP contribution >= 0.6 is 11.6 Å². The van der Waals surface area contributed by atoms with Crippen LogP contribution in [0.15, 0.2) is 18.2 Å². The number of carbonyl (C=O) groups is 1. The molecule has 0 bridgehead atoms. The zero-order chi connectivity index (χ0) is 14.0. The van der Waals surface area contributed by atoms with E-state index in [1.165, 1.54) is 6.42 Å². The van der Waals surface area contributed by atoms with Crippen molar-refractivity contribution in [1.29, 1.82) is 0 Å². The highest BCUT2D eigenvalue weighted by atomic mass is 35.5. The predicted molar refractivity (Wildman–Crippen MR) is 76.9 cm³/mol. The molecule has 104 valence electrons. The average molecular weight is 282 g/mol. The number of amides is 1. The monoisotopic (exact) mass is 281 g/mol. The van der Waals surface area contributed by atoms with Crippen LogP contribution in [0.2, 0.25) is 5.02 Å². The minimum atomic E-state index is 0.0595. The van der Waals surface area contributed by atoms with Crippen molar-refractivity contribution < 1.29 is 9.53 Å². The molecule has 19 heavy (non-hydrogen) atoms. The predicted octanol–water partition coefficient (Wildman–Crippen LogP) is 3.75. The fourth-order valence-electron chi connectivity index (χ4n) is 2.77. The van der Waals surface area contributed by atoms with Crippen molar-refractivity contribution in [1.82, 2.24) is 4.90 Å². The summed E-state index contributed by atoms with van der Waals surface area (Å²) in [6, 6.07) is 5.79. The van der Waals surface area contributed by atoms with E-state index in [-0.39, 0.29) is 18.0 Å². The van der Waals surface area contributed by atoms with E-state index in [4.69, 9.17) is 16.3 Å². The summed E-state index contributed by atoms with van der Waals surface area (Å²) < 4.78 is 5.11. The third kappa shape index (κ3) is 2.86. The first-order chi connectivity index (χ1) is 9.04. The van der Waals surface area contributed by atoms with Crippen LogP contribution in [0, 0.1) is 0 Å². The third-order valence-corrected chi connectivity index (χ3v) is 4.12. The summed E-state index contributed by atoms with van der Waals surface area (Å²) in [4.78, 5) is 14.6. The maximum atomic E-state index is 12.6. The lowest BCUT2D eigenvalue weighted by Crippen LogP contribution is -2.47. The molecule has 1 fully saturated rings. The number of halogens is 1. The highest BCUT2D eigenvalue weighted by Gasteiger charge is 2.29. The fourth-order valence-corrected chi connectivity index (χ4v) is 3.03. The first kappa shape index (κ1) is 14.2. The molecule has 1 saturated heterocycles. The summed E-state index contributed by atoms with van der Waals surface area (Å²) in [5, 5.41) is 0.477. The van der Waals surface area contributed by atoms with Crippen LogP contribution in [0.3, 0.4) is 0 Å². The van der Waals surface area contributed by atoms with Crippen molar-refractivity contribution in [3.05, 3.63) is 28.8 Å². The van der Waals surface area contributed by atoms with E-state index in [2.05, 4.69) is 13.8 Å². The summed E-state index contributed by atoms with van der Waals surface area (Å²) in [7, 11) is 1.57. The highest BCUT2D eigenvalue weighted by Crippen LogP contribution is 2.28. The number of benzene rings is 1. The summed E-state index contributed by atoms with van der Waals surface area (Å²) in [6.07, 6.45) is 3.33. The van der Waals surface area contributed by atoms with E-state index in [0.29, 0.717) is 16.3 Å². The van der Waals surface area contributed by atoms with E-state index < -0.39 is 0 Å². The molecule has 0 spiro atoms. The van der Waals surface area contributed by atoms with Gasteiger partial charge < -0.3 is 9.64 Å². The van der Waals surface area contributed by atoms with Gasteiger partial charge in [-0.15, -0.1) is 0 Å². The SMILES string of the molecule is COc1ccc(C(=O)N2C(C)CCCC2C)cc1Cl. The summed E-state index contributed by atoms with van der Waals surface area (Å²) >= 11 is 6.09. The van der Waals surface area contributed by atoms with Gasteiger partial charge >= 0.3 is 0 Å². The van der Waals surface area contributed by atoms with Gasteiger partial charge in [0.05, 0.1) is 12.1 Å². The number of hydrogen-bond acceptors (Lipinski definition) is 2. The van der Waals surface area contributed by atoms with E-state index in [1.54, 1.807) is 25.3 Å². The smallest absolute Gasteiger partial charge is 0.254 e. The van der Waals surface area contributed by atoms with E-state index in [1.807, 2.05) is 4.90 Å². The van der Waals surface area contributed by atoms with Gasteiger partial charge in [-0.1, -0.05) is 11.6 Å². The Morgan fingerprint density at radius 3 is 2.47 bits per heavy atom. The molecule has 3 nitrogen and oxygen atoms in total. The molecule has 1 aromatic carbocycles. The molecule has 0 aliphatic carbocycles. The molecular weight excluding hydrogens is 262 g/mol. The van der Waals surface area contributed by atoms with Gasteiger partial charge in [0.15, 0.2) is 0 Å². The minimum Gasteiger partial charge on any atom is -0.495 e. The Morgan fingerprint density at radius 2 is 1.95 bits per heavy atom. The second-order valence-electron chi connectivity index (χ2n) is 5.19. The Labute approximate surface area is 119 Å². The first-order valence-electron chi connectivity index (χ1n) is 6.70. The first-order valence-corrected chi connectivity index (χ1v) is 7.08. The number of piperidine rings is 1. The van der Waals surface area contributed by atoms with Gasteiger partial charge in [0.25, 0.3) is 5.91 Å². The molecule has 2 rings (SSSR count). The molecule has 1 heterocycles. The maximum Gasteiger partial charge on any atom is 0.254 e. The van der Waals surface area contributed by atoms with Gasteiger partial charge in [-0.25, -0.2) is 0 Å². The number of carbonyl (C=O) groups excluding carboxylic acids is 1. The topological polar surface area (TPSA) is 29.5 Å². The molecular formula is C15H20ClNO2. The van der Waals surface area contributed by atoms with Crippen molar-refractivity contribution in [3.63, 3.8) is 0 Å². The molecule has 2 unspecified atom stereocenters. The largest absolute Gasteiger partial charge is 0.495 e. The maximum absolute atomic E-state index is 12.6. The number of ether oxygens (including phenoxy) is 1. The van der Waals surface area contributed by atoms with Crippen molar-refractivity contribution in [2.45, 2.75) is 45.2 Å². The van der Waals surface area contributed by atoms with Crippen LogP contribution in [-0.4, -0.2) is 30.0 Å². The van der Waals surface area contributed by atoms with Crippen molar-refractivity contribution in [2.24, 2.45) is 0 Å². The number of hydrogen-bond donors (Lipinski definition) is 0. The third-order valence-electron chi connectivity index (χ3n) is 3.83. The Kier molecular flexibility index (Phi) is 4.35. The molecule has 0 N–H and O–H groups in total. The average Bonchev–Trinajstić information content (AvgIpc) is 2.38. The van der Waals surface area contributed by atoms with Crippen LogP contribution in [0.5, 0.6) is 5.75 Å². The van der Waals surface area contributed by atoms with E-state index in [0.717, 1.165) is 12.8 Å². The molecule has 1 amide bonds. The van der Waals surface area contributed by atoms with Crippen molar-refractivity contribution in [3.8, 4) is 5.75 Å². The molecule has 0 saturated carbocycles. The van der Waals surface area contributed by atoms with Gasteiger partial charge in [0.1, 0.15) is 5.75 Å². The molecule has 0 aromatic heterocycles. The Bertz CT molecular complexity index is 465. The van der Waals surface area contributed by atoms with Crippen LogP contribution in [0.25, 0.3) is 0 Å². The van der Waals surface area contributed by atoms with Crippen LogP contribution in [0.4, 0.5) is 0 Å². The molecule has 1 aliphatic rings. The number of rotatable bonds is 2. The van der Waals surface area contributed by atoms with Crippen LogP contribution < -0.4 is 4.74 Å². The number of likely N-dealkylation sites (tertiary alicyclic amines) is 1. The summed E-state index contributed by atoms with van der Waals surface area (Å²) in [5.41, 5.74) is 0.631. The zero-order valence-corrected chi connectivity index (χ0v) is 12.4. The van der Waals surface area contributed by atoms with Crippen molar-refractivity contribution in [2.75, 3.05) is 7.11 Å². The van der Waals surface area contributed by atoms with Gasteiger partial charge in [0, 0.05) is 17.6 Å². The number of methoxy groups -OCH3 is 1. The summed E-state index contributed by atoms with van der Waals surface area (Å²) in [6.45, 7) is 4.22. The second-order valence-corrected chi connectivity index (χ2v) is 5.60. The summed E-state index contributed by atoms with van der Waals surface area (Å²) in [5.74, 6) is 0.655. The fraction of sp³-hybridized carbons (Fsp3) is 0.533. The molecule has 0 radical (unpaired) electrons. The molecule has 4 heteroatoms. The van der Waals surface area contributed by atoms with Crippen LogP contribution in [0.1, 0.15) is 43.5 Å². The molecule has 2 atom stereocenters. The standard InChI is InChI=1S/C15H20ClNO2/c1-10-5-4-6-11(2)17(10)15(18)12-7-8-14(19-3)13(16)9-12/h7-11H,4-6H2,1-3H3. The Hall–Kier alpha value is -1.22. The minimum absolute atomic E-state index is 0.0595. The lowest BCUT2D eigenvalue weighted by Gasteiger charge is -2.39.